The molecule has 1 aliphatic heterocycles. The molecule has 1 amide bonds. The summed E-state index contributed by atoms with van der Waals surface area (Å²) in [5, 5.41) is 6.14. The second-order valence-electron chi connectivity index (χ2n) is 6.92. The number of hydrogen-bond donors (Lipinski definition) is 1. The van der Waals surface area contributed by atoms with Crippen LogP contribution in [0.25, 0.3) is 11.5 Å². The molecule has 0 bridgehead atoms. The molecule has 1 aliphatic rings. The summed E-state index contributed by atoms with van der Waals surface area (Å²) in [4.78, 5) is 21.5. The van der Waals surface area contributed by atoms with Crippen LogP contribution in [-0.2, 0) is 17.9 Å². The first-order valence-electron chi connectivity index (χ1n) is 9.50. The molecule has 0 saturated carbocycles. The highest BCUT2D eigenvalue weighted by Crippen LogP contribution is 2.23. The Morgan fingerprint density at radius 1 is 1.07 bits per heavy atom. The van der Waals surface area contributed by atoms with E-state index in [1.807, 2.05) is 47.8 Å². The third-order valence-electron chi connectivity index (χ3n) is 4.85. The number of amides is 1. The Labute approximate surface area is 168 Å². The molecule has 3 aromatic rings. The summed E-state index contributed by atoms with van der Waals surface area (Å²) in [6.07, 6.45) is 1.67. The van der Waals surface area contributed by atoms with Crippen LogP contribution in [0.4, 0.5) is 0 Å². The van der Waals surface area contributed by atoms with Crippen molar-refractivity contribution in [1.82, 2.24) is 20.1 Å². The van der Waals surface area contributed by atoms with Crippen LogP contribution < -0.4 is 5.32 Å². The third kappa shape index (κ3) is 5.07. The highest BCUT2D eigenvalue weighted by Gasteiger charge is 2.20. The van der Waals surface area contributed by atoms with Crippen LogP contribution in [0.1, 0.15) is 10.6 Å². The fourth-order valence-electron chi connectivity index (χ4n) is 3.27. The van der Waals surface area contributed by atoms with Gasteiger partial charge in [0.25, 0.3) is 0 Å². The molecule has 4 rings (SSSR count). The van der Waals surface area contributed by atoms with Gasteiger partial charge < -0.3 is 9.73 Å². The molecule has 2 aromatic heterocycles. The van der Waals surface area contributed by atoms with Crippen molar-refractivity contribution in [3.05, 3.63) is 64.7 Å². The molecule has 0 aliphatic carbocycles. The van der Waals surface area contributed by atoms with Gasteiger partial charge in [-0.3, -0.25) is 14.6 Å². The molecule has 6 nitrogen and oxygen atoms in total. The van der Waals surface area contributed by atoms with Gasteiger partial charge in [-0.2, -0.15) is 0 Å². The average molecular weight is 397 g/mol. The molecule has 1 saturated heterocycles. The Hall–Kier alpha value is -2.48. The van der Waals surface area contributed by atoms with E-state index in [0.29, 0.717) is 13.1 Å². The van der Waals surface area contributed by atoms with Crippen molar-refractivity contribution < 1.29 is 9.21 Å². The number of carbonyl (C=O) groups is 1. The number of nitrogens with one attached hydrogen (secondary N) is 1. The largest absolute Gasteiger partial charge is 0.463 e. The Bertz CT molecular complexity index is 871. The van der Waals surface area contributed by atoms with Crippen molar-refractivity contribution in [2.45, 2.75) is 13.1 Å². The molecular formula is C21H24N4O2S. The van der Waals surface area contributed by atoms with Gasteiger partial charge in [0, 0.05) is 38.1 Å². The standard InChI is InChI=1S/C21H24N4O2S/c26-20(22-13-17-5-2-1-3-6-17)14-24-8-10-25(11-9-24)15-21-23-18(16-28-21)19-7-4-12-27-19/h1-7,12,16H,8-11,13-15H2,(H,22,26). The lowest BCUT2D eigenvalue weighted by molar-refractivity contribution is -0.122. The topological polar surface area (TPSA) is 61.6 Å². The first-order valence-corrected chi connectivity index (χ1v) is 10.4. The van der Waals surface area contributed by atoms with E-state index in [1.54, 1.807) is 17.6 Å². The molecule has 1 aromatic carbocycles. The summed E-state index contributed by atoms with van der Waals surface area (Å²) in [6, 6.07) is 13.8. The van der Waals surface area contributed by atoms with Gasteiger partial charge in [-0.15, -0.1) is 11.3 Å². The lowest BCUT2D eigenvalue weighted by Gasteiger charge is -2.33. The van der Waals surface area contributed by atoms with Gasteiger partial charge in [0.2, 0.25) is 5.91 Å². The van der Waals surface area contributed by atoms with E-state index in [4.69, 9.17) is 4.42 Å². The van der Waals surface area contributed by atoms with Gasteiger partial charge in [0.1, 0.15) is 10.7 Å². The van der Waals surface area contributed by atoms with Gasteiger partial charge in [-0.05, 0) is 17.7 Å². The average Bonchev–Trinajstić information content (AvgIpc) is 3.41. The molecular weight excluding hydrogens is 372 g/mol. The lowest BCUT2D eigenvalue weighted by Crippen LogP contribution is -2.49. The quantitative estimate of drug-likeness (QED) is 0.665. The van der Waals surface area contributed by atoms with Crippen LogP contribution in [0.5, 0.6) is 0 Å². The van der Waals surface area contributed by atoms with Crippen molar-refractivity contribution in [1.29, 1.82) is 0 Å². The molecule has 28 heavy (non-hydrogen) atoms. The molecule has 0 unspecified atom stereocenters. The highest BCUT2D eigenvalue weighted by molar-refractivity contribution is 7.09. The van der Waals surface area contributed by atoms with Crippen molar-refractivity contribution in [2.75, 3.05) is 32.7 Å². The van der Waals surface area contributed by atoms with E-state index in [0.717, 1.165) is 54.7 Å². The van der Waals surface area contributed by atoms with E-state index in [1.165, 1.54) is 0 Å². The molecule has 0 radical (unpaired) electrons. The zero-order valence-electron chi connectivity index (χ0n) is 15.7. The second kappa shape index (κ2) is 9.14. The minimum atomic E-state index is 0.0836. The Kier molecular flexibility index (Phi) is 6.16. The first-order chi connectivity index (χ1) is 13.8. The van der Waals surface area contributed by atoms with Crippen molar-refractivity contribution >= 4 is 17.2 Å². The first kappa shape index (κ1) is 18.9. The maximum absolute atomic E-state index is 12.2. The second-order valence-corrected chi connectivity index (χ2v) is 7.86. The van der Waals surface area contributed by atoms with Crippen LogP contribution in [0.3, 0.4) is 0 Å². The predicted octanol–water partition coefficient (Wildman–Crippen LogP) is 2.84. The Balaban J connectivity index is 1.19. The molecule has 7 heteroatoms. The van der Waals surface area contributed by atoms with Gasteiger partial charge in [-0.1, -0.05) is 30.3 Å². The number of piperazine rings is 1. The van der Waals surface area contributed by atoms with Crippen molar-refractivity contribution in [3.63, 3.8) is 0 Å². The third-order valence-corrected chi connectivity index (χ3v) is 5.68. The number of furan rings is 1. The van der Waals surface area contributed by atoms with Crippen LogP contribution in [0.15, 0.2) is 58.5 Å². The summed E-state index contributed by atoms with van der Waals surface area (Å²) in [5.41, 5.74) is 2.02. The lowest BCUT2D eigenvalue weighted by atomic mass is 10.2. The maximum Gasteiger partial charge on any atom is 0.234 e. The zero-order valence-corrected chi connectivity index (χ0v) is 16.5. The summed E-state index contributed by atoms with van der Waals surface area (Å²) < 4.78 is 5.41. The fourth-order valence-corrected chi connectivity index (χ4v) is 4.10. The van der Waals surface area contributed by atoms with Gasteiger partial charge in [0.05, 0.1) is 19.4 Å². The Morgan fingerprint density at radius 3 is 2.61 bits per heavy atom. The molecule has 1 fully saturated rings. The van der Waals surface area contributed by atoms with Crippen molar-refractivity contribution in [2.24, 2.45) is 0 Å². The molecule has 0 spiro atoms. The van der Waals surface area contributed by atoms with Gasteiger partial charge in [-0.25, -0.2) is 4.98 Å². The number of hydrogen-bond acceptors (Lipinski definition) is 6. The van der Waals surface area contributed by atoms with E-state index >= 15 is 0 Å². The fraction of sp³-hybridized carbons (Fsp3) is 0.333. The summed E-state index contributed by atoms with van der Waals surface area (Å²) >= 11 is 1.67. The van der Waals surface area contributed by atoms with Crippen LogP contribution in [0.2, 0.25) is 0 Å². The normalized spacial score (nSPS) is 15.6. The minimum absolute atomic E-state index is 0.0836. The number of aromatic nitrogens is 1. The monoisotopic (exact) mass is 396 g/mol. The van der Waals surface area contributed by atoms with E-state index in [2.05, 4.69) is 20.1 Å². The number of benzene rings is 1. The van der Waals surface area contributed by atoms with Gasteiger partial charge >= 0.3 is 0 Å². The van der Waals surface area contributed by atoms with Gasteiger partial charge in [0.15, 0.2) is 5.76 Å². The molecule has 3 heterocycles. The summed E-state index contributed by atoms with van der Waals surface area (Å²) in [5.74, 6) is 0.897. The summed E-state index contributed by atoms with van der Waals surface area (Å²) in [6.45, 7) is 5.58. The molecule has 0 atom stereocenters. The zero-order chi connectivity index (χ0) is 19.2. The predicted molar refractivity (Wildman–Crippen MR) is 110 cm³/mol. The maximum atomic E-state index is 12.2. The SMILES string of the molecule is O=C(CN1CCN(Cc2nc(-c3ccco3)cs2)CC1)NCc1ccccc1. The summed E-state index contributed by atoms with van der Waals surface area (Å²) in [7, 11) is 0. The van der Waals surface area contributed by atoms with Crippen molar-refractivity contribution in [3.8, 4) is 11.5 Å². The smallest absolute Gasteiger partial charge is 0.234 e. The molecule has 1 N–H and O–H groups in total. The van der Waals surface area contributed by atoms with Crippen LogP contribution in [0, 0.1) is 0 Å². The molecule has 146 valence electrons. The number of nitrogens with zero attached hydrogens (tertiary/aromatic N) is 3. The van der Waals surface area contributed by atoms with E-state index in [-0.39, 0.29) is 5.91 Å². The number of carbonyl (C=O) groups excluding carboxylic acids is 1. The number of thiazole rings is 1. The highest BCUT2D eigenvalue weighted by atomic mass is 32.1. The Morgan fingerprint density at radius 2 is 1.86 bits per heavy atom. The minimum Gasteiger partial charge on any atom is -0.463 e. The van der Waals surface area contributed by atoms with E-state index in [9.17, 15) is 4.79 Å². The number of rotatable bonds is 7. The van der Waals surface area contributed by atoms with Crippen LogP contribution >= 0.6 is 11.3 Å². The van der Waals surface area contributed by atoms with E-state index < -0.39 is 0 Å². The van der Waals surface area contributed by atoms with Crippen LogP contribution in [-0.4, -0.2) is 53.4 Å².